The molecule has 0 saturated carbocycles. The Balaban J connectivity index is 2.17. The van der Waals surface area contributed by atoms with Gasteiger partial charge in [0.2, 0.25) is 0 Å². The summed E-state index contributed by atoms with van der Waals surface area (Å²) in [5.41, 5.74) is 0.771. The lowest BCUT2D eigenvalue weighted by Crippen LogP contribution is -2.18. The van der Waals surface area contributed by atoms with Gasteiger partial charge in [0, 0.05) is 0 Å². The molecule has 2 rings (SSSR count). The summed E-state index contributed by atoms with van der Waals surface area (Å²) in [6.45, 7) is 0.188. The molecule has 0 aliphatic rings. The molecule has 1 N–H and O–H groups in total. The van der Waals surface area contributed by atoms with Crippen molar-refractivity contribution in [1.29, 1.82) is 0 Å². The number of alkyl halides is 1. The van der Waals surface area contributed by atoms with Gasteiger partial charge in [0.05, 0.1) is 17.5 Å². The minimum Gasteiger partial charge on any atom is -0.490 e. The molecular formula is C11H11ClO3. The van der Waals surface area contributed by atoms with Crippen molar-refractivity contribution in [3.63, 3.8) is 0 Å². The van der Waals surface area contributed by atoms with Gasteiger partial charge < -0.3 is 14.3 Å². The molecule has 2 aromatic rings. The molecule has 0 radical (unpaired) electrons. The molecule has 1 unspecified atom stereocenters. The number of fused-ring (bicyclic) bond motifs is 1. The van der Waals surface area contributed by atoms with Gasteiger partial charge in [-0.1, -0.05) is 6.07 Å². The number of aliphatic hydroxyl groups excluding tert-OH is 1. The van der Waals surface area contributed by atoms with Gasteiger partial charge in [-0.3, -0.25) is 0 Å². The maximum Gasteiger partial charge on any atom is 0.137 e. The smallest absolute Gasteiger partial charge is 0.137 e. The van der Waals surface area contributed by atoms with Crippen LogP contribution in [0.15, 0.2) is 34.9 Å². The normalized spacial score (nSPS) is 12.9. The van der Waals surface area contributed by atoms with Crippen molar-refractivity contribution in [2.75, 3.05) is 12.5 Å². The first-order valence-electron chi connectivity index (χ1n) is 4.64. The van der Waals surface area contributed by atoms with Crippen molar-refractivity contribution < 1.29 is 14.3 Å². The third-order valence-electron chi connectivity index (χ3n) is 2.07. The van der Waals surface area contributed by atoms with Crippen molar-refractivity contribution in [3.8, 4) is 5.75 Å². The van der Waals surface area contributed by atoms with Gasteiger partial charge >= 0.3 is 0 Å². The van der Waals surface area contributed by atoms with E-state index in [9.17, 15) is 5.11 Å². The molecule has 3 nitrogen and oxygen atoms in total. The van der Waals surface area contributed by atoms with Crippen molar-refractivity contribution in [2.24, 2.45) is 0 Å². The summed E-state index contributed by atoms with van der Waals surface area (Å²) < 4.78 is 10.7. The van der Waals surface area contributed by atoms with E-state index in [1.807, 2.05) is 24.3 Å². The molecule has 0 aliphatic carbocycles. The van der Waals surface area contributed by atoms with Gasteiger partial charge in [-0.2, -0.15) is 0 Å². The first kappa shape index (κ1) is 10.3. The van der Waals surface area contributed by atoms with Gasteiger partial charge in [0.25, 0.3) is 0 Å². The van der Waals surface area contributed by atoms with Gasteiger partial charge in [0.1, 0.15) is 24.0 Å². The highest BCUT2D eigenvalue weighted by Crippen LogP contribution is 2.26. The van der Waals surface area contributed by atoms with Crippen LogP contribution in [0.5, 0.6) is 5.75 Å². The fourth-order valence-electron chi connectivity index (χ4n) is 1.32. The van der Waals surface area contributed by atoms with E-state index in [0.29, 0.717) is 5.75 Å². The lowest BCUT2D eigenvalue weighted by molar-refractivity contribution is 0.126. The summed E-state index contributed by atoms with van der Waals surface area (Å²) in [7, 11) is 0. The van der Waals surface area contributed by atoms with E-state index in [4.69, 9.17) is 20.8 Å². The van der Waals surface area contributed by atoms with E-state index in [1.54, 1.807) is 6.26 Å². The topological polar surface area (TPSA) is 42.6 Å². The maximum atomic E-state index is 9.26. The molecule has 0 bridgehead atoms. The quantitative estimate of drug-likeness (QED) is 0.815. The minimum absolute atomic E-state index is 0.168. The molecule has 0 fully saturated rings. The third-order valence-corrected chi connectivity index (χ3v) is 2.42. The second-order valence-electron chi connectivity index (χ2n) is 3.21. The first-order valence-corrected chi connectivity index (χ1v) is 5.18. The predicted octanol–water partition coefficient (Wildman–Crippen LogP) is 2.41. The monoisotopic (exact) mass is 226 g/mol. The van der Waals surface area contributed by atoms with Gasteiger partial charge in [-0.15, -0.1) is 11.6 Å². The van der Waals surface area contributed by atoms with Crippen LogP contribution in [0.2, 0.25) is 0 Å². The Morgan fingerprint density at radius 3 is 3.07 bits per heavy atom. The fraction of sp³-hybridized carbons (Fsp3) is 0.273. The van der Waals surface area contributed by atoms with Crippen molar-refractivity contribution >= 4 is 22.6 Å². The molecule has 4 heteroatoms. The van der Waals surface area contributed by atoms with E-state index in [2.05, 4.69) is 0 Å². The summed E-state index contributed by atoms with van der Waals surface area (Å²) in [6.07, 6.45) is 0.962. The lowest BCUT2D eigenvalue weighted by Gasteiger charge is -2.09. The Morgan fingerprint density at radius 1 is 1.40 bits per heavy atom. The van der Waals surface area contributed by atoms with E-state index < -0.39 is 6.10 Å². The molecule has 1 atom stereocenters. The highest BCUT2D eigenvalue weighted by Gasteiger charge is 2.07. The number of aliphatic hydroxyl groups is 1. The standard InChI is InChI=1S/C11H11ClO3/c12-6-8(13)7-15-11-3-1-2-10-9(11)4-5-14-10/h1-5,8,13H,6-7H2. The maximum absolute atomic E-state index is 9.26. The summed E-state index contributed by atoms with van der Waals surface area (Å²) >= 11 is 5.47. The molecule has 1 aromatic carbocycles. The van der Waals surface area contributed by atoms with Crippen LogP contribution in [0.1, 0.15) is 0 Å². The highest BCUT2D eigenvalue weighted by atomic mass is 35.5. The van der Waals surface area contributed by atoms with Gasteiger partial charge in [-0.25, -0.2) is 0 Å². The van der Waals surface area contributed by atoms with Crippen LogP contribution in [0.4, 0.5) is 0 Å². The third kappa shape index (κ3) is 2.25. The van der Waals surface area contributed by atoms with E-state index in [0.717, 1.165) is 11.0 Å². The SMILES string of the molecule is OC(CCl)COc1cccc2occc12. The zero-order valence-corrected chi connectivity index (χ0v) is 8.78. The van der Waals surface area contributed by atoms with Crippen molar-refractivity contribution in [3.05, 3.63) is 30.5 Å². The molecule has 0 amide bonds. The first-order chi connectivity index (χ1) is 7.31. The zero-order chi connectivity index (χ0) is 10.7. The Hall–Kier alpha value is -1.19. The van der Waals surface area contributed by atoms with Gasteiger partial charge in [0.15, 0.2) is 0 Å². The molecule has 0 spiro atoms. The minimum atomic E-state index is -0.645. The van der Waals surface area contributed by atoms with Crippen LogP contribution in [0.25, 0.3) is 11.0 Å². The average Bonchev–Trinajstić information content (AvgIpc) is 2.74. The van der Waals surface area contributed by atoms with E-state index in [1.165, 1.54) is 0 Å². The van der Waals surface area contributed by atoms with E-state index >= 15 is 0 Å². The van der Waals surface area contributed by atoms with Crippen LogP contribution in [0.3, 0.4) is 0 Å². The summed E-state index contributed by atoms with van der Waals surface area (Å²) in [5, 5.41) is 10.2. The summed E-state index contributed by atoms with van der Waals surface area (Å²) in [4.78, 5) is 0. The molecule has 80 valence electrons. The van der Waals surface area contributed by atoms with Gasteiger partial charge in [-0.05, 0) is 18.2 Å². The van der Waals surface area contributed by atoms with Crippen LogP contribution in [-0.2, 0) is 0 Å². The molecule has 15 heavy (non-hydrogen) atoms. The Kier molecular flexibility index (Phi) is 3.14. The predicted molar refractivity (Wildman–Crippen MR) is 58.4 cm³/mol. The highest BCUT2D eigenvalue weighted by molar-refractivity contribution is 6.18. The summed E-state index contributed by atoms with van der Waals surface area (Å²) in [5.74, 6) is 0.867. The Bertz CT molecular complexity index is 438. The Morgan fingerprint density at radius 2 is 2.27 bits per heavy atom. The van der Waals surface area contributed by atoms with Crippen LogP contribution in [-0.4, -0.2) is 23.7 Å². The van der Waals surface area contributed by atoms with Crippen molar-refractivity contribution in [1.82, 2.24) is 0 Å². The number of furan rings is 1. The lowest BCUT2D eigenvalue weighted by atomic mass is 10.2. The number of benzene rings is 1. The molecular weight excluding hydrogens is 216 g/mol. The zero-order valence-electron chi connectivity index (χ0n) is 8.02. The number of hydrogen-bond acceptors (Lipinski definition) is 3. The fourth-order valence-corrected chi connectivity index (χ4v) is 1.41. The molecule has 0 saturated heterocycles. The largest absolute Gasteiger partial charge is 0.490 e. The second kappa shape index (κ2) is 4.55. The number of hydrogen-bond donors (Lipinski definition) is 1. The van der Waals surface area contributed by atoms with Crippen molar-refractivity contribution in [2.45, 2.75) is 6.10 Å². The number of halogens is 1. The number of ether oxygens (including phenoxy) is 1. The van der Waals surface area contributed by atoms with Crippen LogP contribution in [0, 0.1) is 0 Å². The summed E-state index contributed by atoms with van der Waals surface area (Å²) in [6, 6.07) is 7.37. The average molecular weight is 227 g/mol. The molecule has 1 aromatic heterocycles. The van der Waals surface area contributed by atoms with E-state index in [-0.39, 0.29) is 12.5 Å². The van der Waals surface area contributed by atoms with Crippen LogP contribution < -0.4 is 4.74 Å². The number of rotatable bonds is 4. The Labute approximate surface area is 92.2 Å². The second-order valence-corrected chi connectivity index (χ2v) is 3.52. The molecule has 0 aliphatic heterocycles. The van der Waals surface area contributed by atoms with Crippen LogP contribution >= 0.6 is 11.6 Å². The molecule has 1 heterocycles.